The van der Waals surface area contributed by atoms with Gasteiger partial charge >= 0.3 is 5.97 Å². The van der Waals surface area contributed by atoms with Crippen molar-refractivity contribution in [3.63, 3.8) is 0 Å². The number of carboxylic acids is 1. The molecule has 1 saturated heterocycles. The Balaban J connectivity index is 2.09. The van der Waals surface area contributed by atoms with Gasteiger partial charge in [0.2, 0.25) is 0 Å². The fourth-order valence-corrected chi connectivity index (χ4v) is 2.86. The van der Waals surface area contributed by atoms with Crippen molar-refractivity contribution in [2.75, 3.05) is 26.2 Å². The zero-order chi connectivity index (χ0) is 14.6. The number of carboxylic acid groups (broad SMARTS) is 1. The summed E-state index contributed by atoms with van der Waals surface area (Å²) < 4.78 is 0. The number of benzene rings is 1. The van der Waals surface area contributed by atoms with Crippen molar-refractivity contribution in [3.05, 3.63) is 35.9 Å². The van der Waals surface area contributed by atoms with E-state index < -0.39 is 17.5 Å². The molecule has 1 heterocycles. The normalized spacial score (nSPS) is 20.5. The third-order valence-corrected chi connectivity index (χ3v) is 4.13. The summed E-state index contributed by atoms with van der Waals surface area (Å²) in [7, 11) is 0. The van der Waals surface area contributed by atoms with Gasteiger partial charge in [0.25, 0.3) is 0 Å². The van der Waals surface area contributed by atoms with E-state index in [2.05, 4.69) is 0 Å². The molecule has 5 nitrogen and oxygen atoms in total. The Morgan fingerprint density at radius 1 is 1.25 bits per heavy atom. The smallest absolute Gasteiger partial charge is 0.314 e. The van der Waals surface area contributed by atoms with Crippen LogP contribution in [0.15, 0.2) is 30.3 Å². The standard InChI is InChI=1S/C15H21NO4/c17-11-13(18)10-16-8-6-15(7-9-16,14(19)20)12-4-2-1-3-5-12/h1-5,13,17-18H,6-11H2,(H,19,20). The molecule has 1 aromatic rings. The molecule has 20 heavy (non-hydrogen) atoms. The highest BCUT2D eigenvalue weighted by molar-refractivity contribution is 5.81. The summed E-state index contributed by atoms with van der Waals surface area (Å²) in [5.74, 6) is -0.786. The summed E-state index contributed by atoms with van der Waals surface area (Å²) in [5.41, 5.74) is 0.0110. The Morgan fingerprint density at radius 2 is 1.85 bits per heavy atom. The maximum atomic E-state index is 11.8. The van der Waals surface area contributed by atoms with Crippen molar-refractivity contribution in [2.24, 2.45) is 0 Å². The second-order valence-corrected chi connectivity index (χ2v) is 5.39. The highest BCUT2D eigenvalue weighted by Gasteiger charge is 2.43. The van der Waals surface area contributed by atoms with E-state index in [1.165, 1.54) is 0 Å². The van der Waals surface area contributed by atoms with Gasteiger partial charge in [-0.05, 0) is 31.5 Å². The summed E-state index contributed by atoms with van der Waals surface area (Å²) in [5, 5.41) is 28.0. The third kappa shape index (κ3) is 3.00. The number of carbonyl (C=O) groups is 1. The lowest BCUT2D eigenvalue weighted by Gasteiger charge is -2.39. The number of aliphatic carboxylic acids is 1. The minimum absolute atomic E-state index is 0.265. The topological polar surface area (TPSA) is 81.0 Å². The number of aliphatic hydroxyl groups excluding tert-OH is 2. The number of rotatable bonds is 5. The highest BCUT2D eigenvalue weighted by Crippen LogP contribution is 2.35. The number of hydrogen-bond donors (Lipinski definition) is 3. The number of likely N-dealkylation sites (tertiary alicyclic amines) is 1. The van der Waals surface area contributed by atoms with Crippen molar-refractivity contribution >= 4 is 5.97 Å². The minimum atomic E-state index is -0.831. The van der Waals surface area contributed by atoms with Gasteiger partial charge in [0.1, 0.15) is 0 Å². The van der Waals surface area contributed by atoms with Crippen LogP contribution in [-0.2, 0) is 10.2 Å². The average Bonchev–Trinajstić information content (AvgIpc) is 2.48. The lowest BCUT2D eigenvalue weighted by Crippen LogP contribution is -2.49. The van der Waals surface area contributed by atoms with Gasteiger partial charge in [-0.15, -0.1) is 0 Å². The van der Waals surface area contributed by atoms with Crippen LogP contribution in [0.2, 0.25) is 0 Å². The lowest BCUT2D eigenvalue weighted by atomic mass is 9.73. The van der Waals surface area contributed by atoms with Crippen molar-refractivity contribution in [2.45, 2.75) is 24.4 Å². The van der Waals surface area contributed by atoms with E-state index in [0.29, 0.717) is 32.5 Å². The van der Waals surface area contributed by atoms with Gasteiger partial charge in [0.05, 0.1) is 18.1 Å². The molecule has 0 aromatic heterocycles. The van der Waals surface area contributed by atoms with Crippen LogP contribution in [0.25, 0.3) is 0 Å². The summed E-state index contributed by atoms with van der Waals surface area (Å²) in [6.07, 6.45) is 0.277. The van der Waals surface area contributed by atoms with Crippen LogP contribution in [0.5, 0.6) is 0 Å². The number of piperidine rings is 1. The van der Waals surface area contributed by atoms with Crippen molar-refractivity contribution in [1.29, 1.82) is 0 Å². The molecule has 1 atom stereocenters. The molecule has 0 spiro atoms. The van der Waals surface area contributed by atoms with Gasteiger partial charge in [-0.1, -0.05) is 30.3 Å². The zero-order valence-electron chi connectivity index (χ0n) is 11.4. The van der Waals surface area contributed by atoms with E-state index in [9.17, 15) is 15.0 Å². The zero-order valence-corrected chi connectivity index (χ0v) is 11.4. The molecule has 0 aliphatic carbocycles. The molecule has 1 aromatic carbocycles. The number of nitrogens with zero attached hydrogens (tertiary/aromatic N) is 1. The van der Waals surface area contributed by atoms with Crippen LogP contribution >= 0.6 is 0 Å². The van der Waals surface area contributed by atoms with Crippen LogP contribution in [-0.4, -0.2) is 58.5 Å². The van der Waals surface area contributed by atoms with Crippen molar-refractivity contribution in [1.82, 2.24) is 4.90 Å². The molecule has 0 radical (unpaired) electrons. The Morgan fingerprint density at radius 3 is 2.35 bits per heavy atom. The maximum Gasteiger partial charge on any atom is 0.314 e. The van der Waals surface area contributed by atoms with E-state index in [1.54, 1.807) is 0 Å². The van der Waals surface area contributed by atoms with E-state index in [-0.39, 0.29) is 6.61 Å². The first kappa shape index (κ1) is 15.0. The van der Waals surface area contributed by atoms with Crippen molar-refractivity contribution in [3.8, 4) is 0 Å². The fourth-order valence-electron chi connectivity index (χ4n) is 2.86. The van der Waals surface area contributed by atoms with E-state index in [4.69, 9.17) is 5.11 Å². The molecule has 5 heteroatoms. The Labute approximate surface area is 118 Å². The van der Waals surface area contributed by atoms with Gasteiger partial charge in [0, 0.05) is 6.54 Å². The first-order valence-electron chi connectivity index (χ1n) is 6.89. The van der Waals surface area contributed by atoms with Crippen LogP contribution in [0.1, 0.15) is 18.4 Å². The SMILES string of the molecule is O=C(O)C1(c2ccccc2)CCN(CC(O)CO)CC1. The Hall–Kier alpha value is -1.43. The maximum absolute atomic E-state index is 11.8. The Kier molecular flexibility index (Phi) is 4.75. The molecule has 1 aliphatic heterocycles. The predicted molar refractivity (Wildman–Crippen MR) is 74.5 cm³/mol. The van der Waals surface area contributed by atoms with Crippen molar-refractivity contribution < 1.29 is 20.1 Å². The molecule has 0 bridgehead atoms. The largest absolute Gasteiger partial charge is 0.481 e. The molecular weight excluding hydrogens is 258 g/mol. The van der Waals surface area contributed by atoms with Crippen LogP contribution in [0.3, 0.4) is 0 Å². The Bertz CT molecular complexity index is 440. The molecule has 0 saturated carbocycles. The summed E-state index contributed by atoms with van der Waals surface area (Å²) in [6, 6.07) is 9.34. The molecule has 0 amide bonds. The quantitative estimate of drug-likeness (QED) is 0.729. The van der Waals surface area contributed by atoms with Crippen LogP contribution in [0.4, 0.5) is 0 Å². The van der Waals surface area contributed by atoms with Gasteiger partial charge in [-0.25, -0.2) is 0 Å². The molecule has 1 fully saturated rings. The first-order chi connectivity index (χ1) is 9.58. The minimum Gasteiger partial charge on any atom is -0.481 e. The first-order valence-corrected chi connectivity index (χ1v) is 6.89. The van der Waals surface area contributed by atoms with Crippen LogP contribution < -0.4 is 0 Å². The molecule has 1 unspecified atom stereocenters. The van der Waals surface area contributed by atoms with Gasteiger partial charge < -0.3 is 20.2 Å². The summed E-state index contributed by atoms with van der Waals surface area (Å²) in [6.45, 7) is 1.34. The fraction of sp³-hybridized carbons (Fsp3) is 0.533. The molecule has 110 valence electrons. The van der Waals surface area contributed by atoms with Crippen LogP contribution in [0, 0.1) is 0 Å². The predicted octanol–water partition coefficient (Wildman–Crippen LogP) is 0.458. The summed E-state index contributed by atoms with van der Waals surface area (Å²) >= 11 is 0. The average molecular weight is 279 g/mol. The van der Waals surface area contributed by atoms with E-state index >= 15 is 0 Å². The van der Waals surface area contributed by atoms with Gasteiger partial charge in [-0.2, -0.15) is 0 Å². The second kappa shape index (κ2) is 6.35. The monoisotopic (exact) mass is 279 g/mol. The van der Waals surface area contributed by atoms with E-state index in [0.717, 1.165) is 5.56 Å². The highest BCUT2D eigenvalue weighted by atomic mass is 16.4. The molecule has 2 rings (SSSR count). The molecule has 1 aliphatic rings. The number of aliphatic hydroxyl groups is 2. The van der Waals surface area contributed by atoms with Gasteiger partial charge in [-0.3, -0.25) is 4.79 Å². The molecule has 3 N–H and O–H groups in total. The number of β-amino-alcohol motifs (C(OH)–C–C–N with tert-alkyl or cyclic N) is 1. The third-order valence-electron chi connectivity index (χ3n) is 4.13. The summed E-state index contributed by atoms with van der Waals surface area (Å²) in [4.78, 5) is 13.8. The molecular formula is C15H21NO4. The lowest BCUT2D eigenvalue weighted by molar-refractivity contribution is -0.146. The number of hydrogen-bond acceptors (Lipinski definition) is 4. The second-order valence-electron chi connectivity index (χ2n) is 5.39. The van der Waals surface area contributed by atoms with Gasteiger partial charge in [0.15, 0.2) is 0 Å². The van der Waals surface area contributed by atoms with E-state index in [1.807, 2.05) is 35.2 Å².